The summed E-state index contributed by atoms with van der Waals surface area (Å²) in [5.74, 6) is -3.32. The third-order valence-electron chi connectivity index (χ3n) is 3.49. The Morgan fingerprint density at radius 1 is 1.25 bits per heavy atom. The summed E-state index contributed by atoms with van der Waals surface area (Å²) in [7, 11) is 0. The van der Waals surface area contributed by atoms with Crippen molar-refractivity contribution >= 4 is 5.91 Å². The van der Waals surface area contributed by atoms with Crippen molar-refractivity contribution in [1.29, 1.82) is 0 Å². The van der Waals surface area contributed by atoms with Crippen molar-refractivity contribution < 1.29 is 27.5 Å². The number of alkyl halides is 2. The third-order valence-corrected chi connectivity index (χ3v) is 3.49. The largest absolute Gasteiger partial charge is 0.392 e. The van der Waals surface area contributed by atoms with Crippen LogP contribution in [0.1, 0.15) is 23.7 Å². The van der Waals surface area contributed by atoms with Gasteiger partial charge in [-0.1, -0.05) is 12.1 Å². The van der Waals surface area contributed by atoms with Crippen LogP contribution in [0.25, 0.3) is 0 Å². The van der Waals surface area contributed by atoms with Gasteiger partial charge in [0.25, 0.3) is 6.43 Å². The van der Waals surface area contributed by atoms with Crippen LogP contribution in [0.4, 0.5) is 17.6 Å². The second kappa shape index (κ2) is 6.96. The molecule has 2 N–H and O–H groups in total. The predicted molar refractivity (Wildman–Crippen MR) is 77.1 cm³/mol. The van der Waals surface area contributed by atoms with Gasteiger partial charge >= 0.3 is 0 Å². The van der Waals surface area contributed by atoms with Crippen LogP contribution < -0.4 is 5.32 Å². The van der Waals surface area contributed by atoms with Gasteiger partial charge < -0.3 is 10.4 Å². The smallest absolute Gasteiger partial charge is 0.271 e. The number of rotatable bonds is 5. The highest BCUT2D eigenvalue weighted by molar-refractivity contribution is 5.75. The van der Waals surface area contributed by atoms with Gasteiger partial charge in [-0.2, -0.15) is 0 Å². The first kappa shape index (κ1) is 17.9. The molecule has 1 aromatic heterocycles. The first-order valence-corrected chi connectivity index (χ1v) is 6.90. The van der Waals surface area contributed by atoms with Crippen LogP contribution in [0.5, 0.6) is 0 Å². The maximum atomic E-state index is 14.0. The fraction of sp³-hybridized carbons (Fsp3) is 0.250. The van der Waals surface area contributed by atoms with Gasteiger partial charge in [-0.15, -0.1) is 0 Å². The molecule has 0 radical (unpaired) electrons. The summed E-state index contributed by atoms with van der Waals surface area (Å²) < 4.78 is 54.7. The lowest BCUT2D eigenvalue weighted by atomic mass is 9.85. The third kappa shape index (κ3) is 3.23. The van der Waals surface area contributed by atoms with E-state index in [1.54, 1.807) is 0 Å². The van der Waals surface area contributed by atoms with Crippen LogP contribution in [-0.4, -0.2) is 22.4 Å². The number of hydrogen-bond donors (Lipinski definition) is 2. The summed E-state index contributed by atoms with van der Waals surface area (Å²) in [5, 5.41) is 11.1. The van der Waals surface area contributed by atoms with Gasteiger partial charge in [-0.3, -0.25) is 9.78 Å². The van der Waals surface area contributed by atoms with Crippen LogP contribution in [0.15, 0.2) is 36.5 Å². The van der Waals surface area contributed by atoms with E-state index in [0.29, 0.717) is 17.7 Å². The quantitative estimate of drug-likeness (QED) is 0.821. The van der Waals surface area contributed by atoms with E-state index in [1.807, 2.05) is 0 Å². The number of hydrogen-bond acceptors (Lipinski definition) is 3. The zero-order valence-corrected chi connectivity index (χ0v) is 12.6. The molecule has 0 bridgehead atoms. The van der Waals surface area contributed by atoms with Crippen LogP contribution in [0, 0.1) is 11.6 Å². The minimum Gasteiger partial charge on any atom is -0.392 e. The average molecular weight is 342 g/mol. The topological polar surface area (TPSA) is 62.2 Å². The highest BCUT2D eigenvalue weighted by Gasteiger charge is 2.46. The lowest BCUT2D eigenvalue weighted by Gasteiger charge is -2.33. The average Bonchev–Trinajstić information content (AvgIpc) is 2.55. The zero-order valence-electron chi connectivity index (χ0n) is 12.6. The molecule has 1 heterocycles. The molecule has 1 atom stereocenters. The maximum Gasteiger partial charge on any atom is 0.271 e. The Hall–Kier alpha value is -2.48. The minimum atomic E-state index is -3.20. The van der Waals surface area contributed by atoms with E-state index in [0.717, 1.165) is 19.2 Å². The fourth-order valence-corrected chi connectivity index (χ4v) is 2.35. The van der Waals surface area contributed by atoms with E-state index in [4.69, 9.17) is 5.11 Å². The maximum absolute atomic E-state index is 14.0. The van der Waals surface area contributed by atoms with Gasteiger partial charge in [-0.05, 0) is 29.3 Å². The van der Waals surface area contributed by atoms with E-state index in [9.17, 15) is 22.4 Å². The molecule has 1 aromatic carbocycles. The van der Waals surface area contributed by atoms with Crippen LogP contribution in [0.2, 0.25) is 0 Å². The van der Waals surface area contributed by atoms with Crippen LogP contribution >= 0.6 is 0 Å². The standard InChI is InChI=1S/C16H14F4N2O2/c1-9(24)22-16(15(19)20,11-3-4-12(17)13(18)6-11)14-5-2-10(8-23)7-21-14/h2-7,15,23H,8H2,1H3,(H,22,24). The first-order valence-electron chi connectivity index (χ1n) is 6.90. The summed E-state index contributed by atoms with van der Waals surface area (Å²) in [6.07, 6.45) is -2.03. The van der Waals surface area contributed by atoms with E-state index in [2.05, 4.69) is 10.3 Å². The summed E-state index contributed by atoms with van der Waals surface area (Å²) in [5.41, 5.74) is -2.70. The molecule has 0 spiro atoms. The van der Waals surface area contributed by atoms with Gasteiger partial charge in [0.2, 0.25) is 5.91 Å². The molecule has 0 aliphatic rings. The Morgan fingerprint density at radius 2 is 1.96 bits per heavy atom. The molecular formula is C16H14F4N2O2. The minimum absolute atomic E-state index is 0.268. The van der Waals surface area contributed by atoms with Crippen LogP contribution in [-0.2, 0) is 16.9 Å². The molecule has 1 amide bonds. The summed E-state index contributed by atoms with van der Waals surface area (Å²) in [6, 6.07) is 4.79. The van der Waals surface area contributed by atoms with Gasteiger partial charge in [0, 0.05) is 13.1 Å². The number of carbonyl (C=O) groups is 1. The highest BCUT2D eigenvalue weighted by atomic mass is 19.3. The van der Waals surface area contributed by atoms with Crippen molar-refractivity contribution in [3.63, 3.8) is 0 Å². The Bertz CT molecular complexity index is 737. The van der Waals surface area contributed by atoms with Crippen molar-refractivity contribution in [2.45, 2.75) is 25.5 Å². The van der Waals surface area contributed by atoms with Crippen molar-refractivity contribution in [2.75, 3.05) is 0 Å². The Kier molecular flexibility index (Phi) is 5.18. The monoisotopic (exact) mass is 342 g/mol. The normalized spacial score (nSPS) is 13.6. The second-order valence-corrected chi connectivity index (χ2v) is 5.13. The summed E-state index contributed by atoms with van der Waals surface area (Å²) in [6.45, 7) is 0.680. The molecule has 0 saturated carbocycles. The number of carbonyl (C=O) groups excluding carboxylic acids is 1. The number of aliphatic hydroxyl groups excluding tert-OH is 1. The van der Waals surface area contributed by atoms with E-state index in [-0.39, 0.29) is 17.9 Å². The molecule has 4 nitrogen and oxygen atoms in total. The zero-order chi connectivity index (χ0) is 17.9. The van der Waals surface area contributed by atoms with Gasteiger partial charge in [0.15, 0.2) is 17.2 Å². The Labute approximate surface area is 135 Å². The molecule has 0 aliphatic heterocycles. The molecule has 8 heteroatoms. The van der Waals surface area contributed by atoms with E-state index < -0.39 is 29.5 Å². The van der Waals surface area contributed by atoms with E-state index >= 15 is 0 Å². The number of pyridine rings is 1. The highest BCUT2D eigenvalue weighted by Crippen LogP contribution is 2.35. The Morgan fingerprint density at radius 3 is 2.42 bits per heavy atom. The Balaban J connectivity index is 2.70. The number of nitrogens with one attached hydrogen (secondary N) is 1. The van der Waals surface area contributed by atoms with Gasteiger partial charge in [-0.25, -0.2) is 17.6 Å². The lowest BCUT2D eigenvalue weighted by Crippen LogP contribution is -2.52. The SMILES string of the molecule is CC(=O)NC(c1ccc(F)c(F)c1)(c1ccc(CO)cn1)C(F)F. The predicted octanol–water partition coefficient (Wildman–Crippen LogP) is 2.50. The molecule has 0 fully saturated rings. The number of benzene rings is 1. The molecule has 128 valence electrons. The van der Waals surface area contributed by atoms with Crippen LogP contribution in [0.3, 0.4) is 0 Å². The number of aliphatic hydroxyl groups is 1. The summed E-state index contributed by atoms with van der Waals surface area (Å²) >= 11 is 0. The number of aromatic nitrogens is 1. The van der Waals surface area contributed by atoms with Gasteiger partial charge in [0.1, 0.15) is 0 Å². The lowest BCUT2D eigenvalue weighted by molar-refractivity contribution is -0.122. The van der Waals surface area contributed by atoms with E-state index in [1.165, 1.54) is 12.1 Å². The summed E-state index contributed by atoms with van der Waals surface area (Å²) in [4.78, 5) is 15.4. The number of amides is 1. The molecule has 0 aliphatic carbocycles. The van der Waals surface area contributed by atoms with Crippen molar-refractivity contribution in [2.24, 2.45) is 0 Å². The van der Waals surface area contributed by atoms with Crippen molar-refractivity contribution in [1.82, 2.24) is 10.3 Å². The molecule has 2 rings (SSSR count). The van der Waals surface area contributed by atoms with Crippen molar-refractivity contribution in [3.8, 4) is 0 Å². The fourth-order valence-electron chi connectivity index (χ4n) is 2.35. The molecule has 0 saturated heterocycles. The van der Waals surface area contributed by atoms with Gasteiger partial charge in [0.05, 0.1) is 12.3 Å². The molecule has 1 unspecified atom stereocenters. The molecular weight excluding hydrogens is 328 g/mol. The number of nitrogens with zero attached hydrogens (tertiary/aromatic N) is 1. The number of halogens is 4. The molecule has 24 heavy (non-hydrogen) atoms. The second-order valence-electron chi connectivity index (χ2n) is 5.13. The first-order chi connectivity index (χ1) is 11.3. The van der Waals surface area contributed by atoms with Crippen molar-refractivity contribution in [3.05, 3.63) is 65.0 Å². The molecule has 2 aromatic rings.